The molecule has 3 aromatic rings. The second kappa shape index (κ2) is 4.70. The molecule has 0 saturated heterocycles. The Morgan fingerprint density at radius 2 is 2.14 bits per heavy atom. The van der Waals surface area contributed by atoms with Crippen molar-refractivity contribution in [2.45, 2.75) is 17.4 Å². The summed E-state index contributed by atoms with van der Waals surface area (Å²) in [6.45, 7) is 0.624. The summed E-state index contributed by atoms with van der Waals surface area (Å²) in [5, 5.41) is 0. The van der Waals surface area contributed by atoms with Crippen LogP contribution in [0.4, 0.5) is 5.69 Å². The van der Waals surface area contributed by atoms with Crippen molar-refractivity contribution < 1.29 is 4.42 Å². The van der Waals surface area contributed by atoms with E-state index < -0.39 is 0 Å². The molecule has 0 radical (unpaired) electrons. The smallest absolute Gasteiger partial charge is 0.408 e. The Bertz CT molecular complexity index is 881. The highest BCUT2D eigenvalue weighted by Crippen LogP contribution is 2.40. The third-order valence-corrected chi connectivity index (χ3v) is 5.15. The van der Waals surface area contributed by atoms with E-state index in [9.17, 15) is 4.79 Å². The van der Waals surface area contributed by atoms with Crippen LogP contribution in [0.1, 0.15) is 11.5 Å². The van der Waals surface area contributed by atoms with E-state index in [-0.39, 0.29) is 5.76 Å². The zero-order chi connectivity index (χ0) is 14.4. The molecular weight excluding hydrogens is 284 g/mol. The number of hydrogen-bond donors (Lipinski definition) is 1. The van der Waals surface area contributed by atoms with Crippen LogP contribution in [0.25, 0.3) is 11.1 Å². The van der Waals surface area contributed by atoms with E-state index in [4.69, 9.17) is 10.2 Å². The highest BCUT2D eigenvalue weighted by molar-refractivity contribution is 7.99. The molecule has 1 aliphatic rings. The number of hydrogen-bond acceptors (Lipinski definition) is 4. The molecule has 2 N–H and O–H groups in total. The van der Waals surface area contributed by atoms with E-state index in [0.717, 1.165) is 11.3 Å². The lowest BCUT2D eigenvalue weighted by Crippen LogP contribution is -2.19. The van der Waals surface area contributed by atoms with Crippen molar-refractivity contribution in [1.29, 1.82) is 0 Å². The lowest BCUT2D eigenvalue weighted by Gasteiger charge is -2.11. The van der Waals surface area contributed by atoms with Crippen LogP contribution in [0.5, 0.6) is 0 Å². The molecule has 0 fully saturated rings. The van der Waals surface area contributed by atoms with Gasteiger partial charge in [0.25, 0.3) is 0 Å². The van der Waals surface area contributed by atoms with Gasteiger partial charge in [0.15, 0.2) is 5.58 Å². The Morgan fingerprint density at radius 3 is 3.05 bits per heavy atom. The van der Waals surface area contributed by atoms with E-state index in [1.165, 1.54) is 10.5 Å². The Balaban J connectivity index is 1.77. The van der Waals surface area contributed by atoms with E-state index in [1.54, 1.807) is 22.8 Å². The molecule has 1 atom stereocenters. The van der Waals surface area contributed by atoms with Gasteiger partial charge in [-0.3, -0.25) is 4.57 Å². The summed E-state index contributed by atoms with van der Waals surface area (Å²) in [6.07, 6.45) is 0. The van der Waals surface area contributed by atoms with Crippen molar-refractivity contribution in [3.05, 3.63) is 58.6 Å². The average molecular weight is 298 g/mol. The summed E-state index contributed by atoms with van der Waals surface area (Å²) in [5.41, 5.74) is 9.14. The monoisotopic (exact) mass is 298 g/mol. The van der Waals surface area contributed by atoms with E-state index in [1.807, 2.05) is 23.9 Å². The highest BCUT2D eigenvalue weighted by Gasteiger charge is 2.24. The number of fused-ring (bicyclic) bond motifs is 2. The number of rotatable bonds is 2. The molecular formula is C16H14N2O2S. The maximum absolute atomic E-state index is 12.1. The molecule has 4 nitrogen and oxygen atoms in total. The van der Waals surface area contributed by atoms with Gasteiger partial charge in [0.05, 0.1) is 5.52 Å². The van der Waals surface area contributed by atoms with Gasteiger partial charge in [-0.1, -0.05) is 18.2 Å². The highest BCUT2D eigenvalue weighted by atomic mass is 32.2. The summed E-state index contributed by atoms with van der Waals surface area (Å²) in [5.74, 6) is 0.997. The first-order chi connectivity index (χ1) is 10.2. The predicted molar refractivity (Wildman–Crippen MR) is 84.8 cm³/mol. The third kappa shape index (κ3) is 2.05. The Morgan fingerprint density at radius 1 is 1.29 bits per heavy atom. The molecule has 0 amide bonds. The standard InChI is InChI=1S/C16H14N2O2S/c17-11-5-6-14-13(7-11)18(16(19)20-14)8-10-9-21-15-4-2-1-3-12(10)15/h1-7,10H,8-9,17H2. The van der Waals surface area contributed by atoms with Gasteiger partial charge >= 0.3 is 5.76 Å². The lowest BCUT2D eigenvalue weighted by molar-refractivity contribution is 0.488. The van der Waals surface area contributed by atoms with Crippen LogP contribution >= 0.6 is 11.8 Å². The number of nitrogen functional groups attached to an aromatic ring is 1. The first-order valence-corrected chi connectivity index (χ1v) is 7.81. The molecule has 0 saturated carbocycles. The molecule has 2 heterocycles. The number of oxazole rings is 1. The zero-order valence-corrected chi connectivity index (χ0v) is 12.1. The molecule has 0 spiro atoms. The van der Waals surface area contributed by atoms with Crippen molar-refractivity contribution in [3.63, 3.8) is 0 Å². The van der Waals surface area contributed by atoms with Crippen molar-refractivity contribution in [3.8, 4) is 0 Å². The quantitative estimate of drug-likeness (QED) is 0.739. The number of nitrogens with two attached hydrogens (primary N) is 1. The van der Waals surface area contributed by atoms with Crippen molar-refractivity contribution >= 4 is 28.5 Å². The summed E-state index contributed by atoms with van der Waals surface area (Å²) in [6, 6.07) is 13.7. The number of thioether (sulfide) groups is 1. The predicted octanol–water partition coefficient (Wildman–Crippen LogP) is 3.07. The Labute approximate surface area is 125 Å². The SMILES string of the molecule is Nc1ccc2oc(=O)n(CC3CSc4ccccc43)c2c1. The van der Waals surface area contributed by atoms with Gasteiger partial charge < -0.3 is 10.2 Å². The van der Waals surface area contributed by atoms with Gasteiger partial charge in [-0.2, -0.15) is 0 Å². The van der Waals surface area contributed by atoms with Gasteiger partial charge in [-0.25, -0.2) is 4.79 Å². The number of anilines is 1. The topological polar surface area (TPSA) is 61.2 Å². The number of benzene rings is 2. The van der Waals surface area contributed by atoms with Crippen molar-refractivity contribution in [2.24, 2.45) is 0 Å². The Kier molecular flexibility index (Phi) is 2.82. The molecule has 2 aromatic carbocycles. The number of aromatic nitrogens is 1. The Hall–Kier alpha value is -2.14. The van der Waals surface area contributed by atoms with Crippen LogP contribution < -0.4 is 11.5 Å². The average Bonchev–Trinajstić information content (AvgIpc) is 3.02. The molecule has 0 aliphatic carbocycles. The molecule has 1 aliphatic heterocycles. The van der Waals surface area contributed by atoms with E-state index in [0.29, 0.717) is 23.7 Å². The van der Waals surface area contributed by atoms with Crippen LogP contribution in [0.3, 0.4) is 0 Å². The normalized spacial score (nSPS) is 17.2. The molecule has 1 unspecified atom stereocenters. The van der Waals surface area contributed by atoms with Gasteiger partial charge in [0.1, 0.15) is 0 Å². The fourth-order valence-electron chi connectivity index (χ4n) is 2.85. The third-order valence-electron chi connectivity index (χ3n) is 3.89. The van der Waals surface area contributed by atoms with Crippen molar-refractivity contribution in [1.82, 2.24) is 4.57 Å². The van der Waals surface area contributed by atoms with Crippen LogP contribution in [0.15, 0.2) is 56.6 Å². The first-order valence-electron chi connectivity index (χ1n) is 6.83. The second-order valence-corrected chi connectivity index (χ2v) is 6.31. The van der Waals surface area contributed by atoms with Gasteiger partial charge in [-0.05, 0) is 29.8 Å². The first kappa shape index (κ1) is 12.6. The van der Waals surface area contributed by atoms with E-state index >= 15 is 0 Å². The van der Waals surface area contributed by atoms with Crippen LogP contribution in [-0.2, 0) is 6.54 Å². The van der Waals surface area contributed by atoms with Gasteiger partial charge in [-0.15, -0.1) is 11.8 Å². The minimum absolute atomic E-state index is 0.315. The van der Waals surface area contributed by atoms with E-state index in [2.05, 4.69) is 12.1 Å². The lowest BCUT2D eigenvalue weighted by atomic mass is 10.0. The zero-order valence-electron chi connectivity index (χ0n) is 11.3. The fourth-order valence-corrected chi connectivity index (χ4v) is 4.09. The molecule has 0 bridgehead atoms. The summed E-state index contributed by atoms with van der Waals surface area (Å²) in [4.78, 5) is 13.4. The number of nitrogens with zero attached hydrogens (tertiary/aromatic N) is 1. The maximum atomic E-state index is 12.1. The molecule has 5 heteroatoms. The summed E-state index contributed by atoms with van der Waals surface area (Å²) < 4.78 is 6.99. The summed E-state index contributed by atoms with van der Waals surface area (Å²) in [7, 11) is 0. The molecule has 4 rings (SSSR count). The van der Waals surface area contributed by atoms with Crippen molar-refractivity contribution in [2.75, 3.05) is 11.5 Å². The minimum Gasteiger partial charge on any atom is -0.408 e. The molecule has 1 aromatic heterocycles. The fraction of sp³-hybridized carbons (Fsp3) is 0.188. The summed E-state index contributed by atoms with van der Waals surface area (Å²) >= 11 is 1.84. The van der Waals surface area contributed by atoms with Gasteiger partial charge in [0, 0.05) is 28.8 Å². The largest absolute Gasteiger partial charge is 0.419 e. The van der Waals surface area contributed by atoms with Gasteiger partial charge in [0.2, 0.25) is 0 Å². The van der Waals surface area contributed by atoms with Crippen LogP contribution in [0.2, 0.25) is 0 Å². The second-order valence-electron chi connectivity index (χ2n) is 5.25. The minimum atomic E-state index is -0.315. The molecule has 106 valence electrons. The van der Waals surface area contributed by atoms with Crippen LogP contribution in [-0.4, -0.2) is 10.3 Å². The maximum Gasteiger partial charge on any atom is 0.419 e. The molecule has 21 heavy (non-hydrogen) atoms. The van der Waals surface area contributed by atoms with Crippen LogP contribution in [0, 0.1) is 0 Å².